The van der Waals surface area contributed by atoms with Gasteiger partial charge in [-0.1, -0.05) is 19.9 Å². The zero-order chi connectivity index (χ0) is 21.4. The number of amides is 3. The molecule has 1 aliphatic rings. The summed E-state index contributed by atoms with van der Waals surface area (Å²) in [7, 11) is 0. The van der Waals surface area contributed by atoms with Gasteiger partial charge in [-0.3, -0.25) is 19.7 Å². The normalized spacial score (nSPS) is 14.3. The summed E-state index contributed by atoms with van der Waals surface area (Å²) in [6.07, 6.45) is 0.230. The lowest BCUT2D eigenvalue weighted by Gasteiger charge is -2.22. The summed E-state index contributed by atoms with van der Waals surface area (Å²) in [6.45, 7) is 5.72. The van der Waals surface area contributed by atoms with Crippen LogP contribution in [0.25, 0.3) is 0 Å². The highest BCUT2D eigenvalue weighted by Gasteiger charge is 2.23. The number of nitrogens with zero attached hydrogens (tertiary/aromatic N) is 3. The van der Waals surface area contributed by atoms with E-state index in [1.165, 1.54) is 18.2 Å². The zero-order valence-electron chi connectivity index (χ0n) is 16.6. The molecular weight excluding hydrogens is 380 g/mol. The van der Waals surface area contributed by atoms with E-state index in [1.54, 1.807) is 9.80 Å². The highest BCUT2D eigenvalue weighted by Crippen LogP contribution is 2.13. The second-order valence-electron chi connectivity index (χ2n) is 7.18. The van der Waals surface area contributed by atoms with E-state index in [0.717, 1.165) is 6.07 Å². The van der Waals surface area contributed by atoms with Gasteiger partial charge in [-0.15, -0.1) is 0 Å². The molecule has 0 spiro atoms. The Labute approximate surface area is 168 Å². The number of non-ortho nitro benzene ring substituents is 1. The van der Waals surface area contributed by atoms with Gasteiger partial charge < -0.3 is 19.9 Å². The fraction of sp³-hybridized carbons (Fsp3) is 0.526. The summed E-state index contributed by atoms with van der Waals surface area (Å²) in [5, 5.41) is 13.3. The van der Waals surface area contributed by atoms with Crippen LogP contribution in [-0.2, 0) is 9.53 Å². The average molecular weight is 406 g/mol. The van der Waals surface area contributed by atoms with Crippen molar-refractivity contribution >= 4 is 23.6 Å². The van der Waals surface area contributed by atoms with E-state index in [4.69, 9.17) is 4.74 Å². The lowest BCUT2D eigenvalue weighted by atomic mass is 10.2. The fourth-order valence-corrected chi connectivity index (χ4v) is 2.81. The Balaban J connectivity index is 1.83. The first-order chi connectivity index (χ1) is 13.8. The van der Waals surface area contributed by atoms with Crippen molar-refractivity contribution in [2.24, 2.45) is 5.92 Å². The van der Waals surface area contributed by atoms with Crippen molar-refractivity contribution in [3.63, 3.8) is 0 Å². The van der Waals surface area contributed by atoms with Crippen LogP contribution >= 0.6 is 0 Å². The van der Waals surface area contributed by atoms with E-state index in [0.29, 0.717) is 39.2 Å². The van der Waals surface area contributed by atoms with Crippen molar-refractivity contribution in [1.82, 2.24) is 15.1 Å². The van der Waals surface area contributed by atoms with E-state index >= 15 is 0 Å². The molecule has 158 valence electrons. The molecule has 2 rings (SSSR count). The Bertz CT molecular complexity index is 767. The molecule has 10 nitrogen and oxygen atoms in total. The van der Waals surface area contributed by atoms with Crippen LogP contribution in [0, 0.1) is 16.0 Å². The molecule has 0 aromatic heterocycles. The van der Waals surface area contributed by atoms with Crippen LogP contribution in [0.5, 0.6) is 0 Å². The van der Waals surface area contributed by atoms with Crippen molar-refractivity contribution < 1.29 is 24.0 Å². The third-order valence-corrected chi connectivity index (χ3v) is 4.37. The molecule has 3 amide bonds. The quantitative estimate of drug-likeness (QED) is 0.566. The summed E-state index contributed by atoms with van der Waals surface area (Å²) >= 11 is 0. The van der Waals surface area contributed by atoms with Crippen molar-refractivity contribution in [2.75, 3.05) is 39.3 Å². The van der Waals surface area contributed by atoms with Crippen LogP contribution in [-0.4, -0.2) is 72.0 Å². The van der Waals surface area contributed by atoms with Gasteiger partial charge in [0, 0.05) is 43.9 Å². The molecule has 1 aliphatic heterocycles. The van der Waals surface area contributed by atoms with Crippen molar-refractivity contribution in [1.29, 1.82) is 0 Å². The van der Waals surface area contributed by atoms with Crippen LogP contribution in [0.2, 0.25) is 0 Å². The Morgan fingerprint density at radius 2 is 1.86 bits per heavy atom. The Kier molecular flexibility index (Phi) is 7.93. The number of benzene rings is 1. The molecule has 0 radical (unpaired) electrons. The minimum Gasteiger partial charge on any atom is -0.449 e. The lowest BCUT2D eigenvalue weighted by Crippen LogP contribution is -2.42. The highest BCUT2D eigenvalue weighted by molar-refractivity contribution is 5.97. The zero-order valence-corrected chi connectivity index (χ0v) is 16.6. The molecule has 1 heterocycles. The number of ether oxygens (including phenoxy) is 1. The molecule has 1 saturated heterocycles. The van der Waals surface area contributed by atoms with E-state index in [-0.39, 0.29) is 35.7 Å². The SMILES string of the molecule is CC(C)COC(=O)N1CCCN(C(=O)CNC(=O)c2cccc([N+](=O)[O-])c2)CC1. The predicted octanol–water partition coefficient (Wildman–Crippen LogP) is 1.65. The van der Waals surface area contributed by atoms with Gasteiger partial charge in [-0.05, 0) is 18.4 Å². The minimum atomic E-state index is -0.586. The maximum atomic E-state index is 12.4. The second kappa shape index (κ2) is 10.4. The number of hydrogen-bond acceptors (Lipinski definition) is 6. The van der Waals surface area contributed by atoms with Crippen LogP contribution in [0.3, 0.4) is 0 Å². The number of rotatable bonds is 6. The van der Waals surface area contributed by atoms with E-state index < -0.39 is 10.8 Å². The van der Waals surface area contributed by atoms with Gasteiger partial charge in [0.05, 0.1) is 18.1 Å². The number of carbonyl (C=O) groups excluding carboxylic acids is 3. The average Bonchev–Trinajstić information content (AvgIpc) is 2.96. The first-order valence-electron chi connectivity index (χ1n) is 9.50. The first kappa shape index (κ1) is 22.1. The van der Waals surface area contributed by atoms with Crippen molar-refractivity contribution in [3.8, 4) is 0 Å². The molecular formula is C19H26N4O6. The van der Waals surface area contributed by atoms with Crippen LogP contribution in [0.15, 0.2) is 24.3 Å². The van der Waals surface area contributed by atoms with Gasteiger partial charge in [0.25, 0.3) is 11.6 Å². The molecule has 10 heteroatoms. The van der Waals surface area contributed by atoms with Gasteiger partial charge in [0.2, 0.25) is 5.91 Å². The third kappa shape index (κ3) is 6.74. The largest absolute Gasteiger partial charge is 0.449 e. The molecule has 1 fully saturated rings. The van der Waals surface area contributed by atoms with Gasteiger partial charge in [0.15, 0.2) is 0 Å². The van der Waals surface area contributed by atoms with Gasteiger partial charge in [-0.25, -0.2) is 4.79 Å². The molecule has 1 aromatic rings. The van der Waals surface area contributed by atoms with Crippen LogP contribution in [0.1, 0.15) is 30.6 Å². The maximum Gasteiger partial charge on any atom is 0.409 e. The lowest BCUT2D eigenvalue weighted by molar-refractivity contribution is -0.384. The van der Waals surface area contributed by atoms with Gasteiger partial charge in [0.1, 0.15) is 0 Å². The van der Waals surface area contributed by atoms with Crippen LogP contribution < -0.4 is 5.32 Å². The minimum absolute atomic E-state index is 0.113. The third-order valence-electron chi connectivity index (χ3n) is 4.37. The van der Waals surface area contributed by atoms with E-state index in [9.17, 15) is 24.5 Å². The van der Waals surface area contributed by atoms with E-state index in [2.05, 4.69) is 5.32 Å². The number of nitrogens with one attached hydrogen (secondary N) is 1. The highest BCUT2D eigenvalue weighted by atomic mass is 16.6. The summed E-state index contributed by atoms with van der Waals surface area (Å²) in [5.74, 6) is -0.587. The summed E-state index contributed by atoms with van der Waals surface area (Å²) in [5.41, 5.74) is -0.0807. The summed E-state index contributed by atoms with van der Waals surface area (Å²) in [4.78, 5) is 50.1. The topological polar surface area (TPSA) is 122 Å². The monoisotopic (exact) mass is 406 g/mol. The standard InChI is InChI=1S/C19H26N4O6/c1-14(2)13-29-19(26)22-8-4-7-21(9-10-22)17(24)12-20-18(25)15-5-3-6-16(11-15)23(27)28/h3,5-6,11,14H,4,7-10,12-13H2,1-2H3,(H,20,25). The Morgan fingerprint density at radius 3 is 2.55 bits per heavy atom. The molecule has 0 aliphatic carbocycles. The van der Waals surface area contributed by atoms with Gasteiger partial charge in [-0.2, -0.15) is 0 Å². The first-order valence-corrected chi connectivity index (χ1v) is 9.50. The number of carbonyl (C=O) groups is 3. The molecule has 29 heavy (non-hydrogen) atoms. The molecule has 0 saturated carbocycles. The van der Waals surface area contributed by atoms with Crippen LogP contribution in [0.4, 0.5) is 10.5 Å². The smallest absolute Gasteiger partial charge is 0.409 e. The molecule has 0 bridgehead atoms. The Hall–Kier alpha value is -3.17. The van der Waals surface area contributed by atoms with Crippen molar-refractivity contribution in [2.45, 2.75) is 20.3 Å². The fourth-order valence-electron chi connectivity index (χ4n) is 2.81. The number of nitro benzene ring substituents is 1. The molecule has 0 unspecified atom stereocenters. The number of nitro groups is 1. The van der Waals surface area contributed by atoms with Gasteiger partial charge >= 0.3 is 6.09 Å². The second-order valence-corrected chi connectivity index (χ2v) is 7.18. The van der Waals surface area contributed by atoms with E-state index in [1.807, 2.05) is 13.8 Å². The van der Waals surface area contributed by atoms with Crippen molar-refractivity contribution in [3.05, 3.63) is 39.9 Å². The predicted molar refractivity (Wildman–Crippen MR) is 104 cm³/mol. The molecule has 0 atom stereocenters. The molecule has 1 N–H and O–H groups in total. The summed E-state index contributed by atoms with van der Waals surface area (Å²) in [6, 6.07) is 5.31. The molecule has 1 aromatic carbocycles. The maximum absolute atomic E-state index is 12.4. The Morgan fingerprint density at radius 1 is 1.17 bits per heavy atom. The number of hydrogen-bond donors (Lipinski definition) is 1. The summed E-state index contributed by atoms with van der Waals surface area (Å²) < 4.78 is 5.23.